The Labute approximate surface area is 158 Å². The predicted octanol–water partition coefficient (Wildman–Crippen LogP) is 3.69. The number of carbonyl (C=O) groups is 2. The van der Waals surface area contributed by atoms with Gasteiger partial charge in [-0.15, -0.1) is 0 Å². The zero-order valence-electron chi connectivity index (χ0n) is 14.8. The number of hydrogen-bond donors (Lipinski definition) is 0. The number of piperidine rings is 1. The maximum Gasteiger partial charge on any atom is 0.247 e. The van der Waals surface area contributed by atoms with Gasteiger partial charge in [0.05, 0.1) is 5.69 Å². The number of para-hydroxylation sites is 1. The molecule has 0 aromatic heterocycles. The topological polar surface area (TPSA) is 40.6 Å². The van der Waals surface area contributed by atoms with Gasteiger partial charge in [0.25, 0.3) is 0 Å². The van der Waals surface area contributed by atoms with Crippen molar-refractivity contribution in [2.45, 2.75) is 51.2 Å². The number of hydrogen-bond acceptors (Lipinski definition) is 4. The molecule has 0 N–H and O–H groups in total. The van der Waals surface area contributed by atoms with Crippen molar-refractivity contribution in [3.8, 4) is 0 Å². The second-order valence-electron chi connectivity index (χ2n) is 6.63. The van der Waals surface area contributed by atoms with Crippen LogP contribution in [-0.2, 0) is 16.0 Å². The van der Waals surface area contributed by atoms with Gasteiger partial charge in [0.15, 0.2) is 0 Å². The summed E-state index contributed by atoms with van der Waals surface area (Å²) in [6.45, 7) is 5.92. The Morgan fingerprint density at radius 3 is 2.64 bits per heavy atom. The third-order valence-electron chi connectivity index (χ3n) is 4.89. The third kappa shape index (κ3) is 3.75. The maximum absolute atomic E-state index is 13.0. The molecule has 134 valence electrons. The van der Waals surface area contributed by atoms with Crippen LogP contribution in [0.4, 0.5) is 5.69 Å². The van der Waals surface area contributed by atoms with E-state index in [0.717, 1.165) is 53.5 Å². The van der Waals surface area contributed by atoms with Crippen LogP contribution in [0, 0.1) is 6.92 Å². The molecule has 1 unspecified atom stereocenters. The fraction of sp³-hybridized carbons (Fsp3) is 0.526. The van der Waals surface area contributed by atoms with Crippen LogP contribution in [0.1, 0.15) is 43.7 Å². The lowest BCUT2D eigenvalue weighted by molar-refractivity contribution is -0.121. The van der Waals surface area contributed by atoms with Crippen LogP contribution in [0.25, 0.3) is 0 Å². The normalized spacial score (nSPS) is 21.1. The van der Waals surface area contributed by atoms with E-state index in [1.165, 1.54) is 23.1 Å². The van der Waals surface area contributed by atoms with Gasteiger partial charge in [-0.3, -0.25) is 9.59 Å². The van der Waals surface area contributed by atoms with Gasteiger partial charge in [0.2, 0.25) is 11.8 Å². The van der Waals surface area contributed by atoms with E-state index in [0.29, 0.717) is 0 Å². The van der Waals surface area contributed by atoms with E-state index in [1.807, 2.05) is 32.0 Å². The molecule has 2 aliphatic heterocycles. The quantitative estimate of drug-likeness (QED) is 0.594. The summed E-state index contributed by atoms with van der Waals surface area (Å²) in [5.74, 6) is -0.244. The summed E-state index contributed by atoms with van der Waals surface area (Å²) in [5.41, 5.74) is 2.77. The van der Waals surface area contributed by atoms with Crippen LogP contribution < -0.4 is 4.90 Å². The van der Waals surface area contributed by atoms with Crippen LogP contribution in [0.5, 0.6) is 0 Å². The number of carbonyl (C=O) groups excluding carboxylic acids is 2. The van der Waals surface area contributed by atoms with Crippen LogP contribution in [0.15, 0.2) is 18.2 Å². The van der Waals surface area contributed by atoms with Crippen molar-refractivity contribution >= 4 is 45.8 Å². The van der Waals surface area contributed by atoms with Crippen LogP contribution in [0.2, 0.25) is 0 Å². The van der Waals surface area contributed by atoms with Gasteiger partial charge in [0.1, 0.15) is 9.57 Å². The zero-order chi connectivity index (χ0) is 18.0. The highest BCUT2D eigenvalue weighted by molar-refractivity contribution is 8.23. The minimum absolute atomic E-state index is 0.118. The highest BCUT2D eigenvalue weighted by atomic mass is 32.2. The van der Waals surface area contributed by atoms with Crippen molar-refractivity contribution in [2.75, 3.05) is 18.0 Å². The minimum atomic E-state index is -0.397. The number of benzene rings is 1. The number of amides is 2. The average molecular weight is 377 g/mol. The van der Waals surface area contributed by atoms with E-state index in [9.17, 15) is 9.59 Å². The molecule has 0 aliphatic carbocycles. The Balaban J connectivity index is 1.78. The number of thiocarbonyl (C=S) groups is 1. The standard InChI is InChI=1S/C19H24N2O2S2/c1-3-14-9-7-8-13(2)17(14)21-16(22)12-15(18(21)23)25-19(24)20-10-5-4-6-11-20/h7-9,15H,3-6,10-12H2,1-2H3. The number of imide groups is 1. The molecule has 0 spiro atoms. The van der Waals surface area contributed by atoms with Crippen molar-refractivity contribution in [1.82, 2.24) is 4.90 Å². The highest BCUT2D eigenvalue weighted by Gasteiger charge is 2.42. The molecule has 25 heavy (non-hydrogen) atoms. The summed E-state index contributed by atoms with van der Waals surface area (Å²) >= 11 is 6.93. The summed E-state index contributed by atoms with van der Waals surface area (Å²) in [5, 5.41) is -0.397. The second-order valence-corrected chi connectivity index (χ2v) is 8.46. The molecule has 1 atom stereocenters. The molecule has 2 saturated heterocycles. The average Bonchev–Trinajstić information content (AvgIpc) is 2.89. The van der Waals surface area contributed by atoms with E-state index < -0.39 is 5.25 Å². The highest BCUT2D eigenvalue weighted by Crippen LogP contribution is 2.35. The summed E-state index contributed by atoms with van der Waals surface area (Å²) in [6, 6.07) is 5.91. The molecule has 4 nitrogen and oxygen atoms in total. The lowest BCUT2D eigenvalue weighted by Gasteiger charge is -2.29. The van der Waals surface area contributed by atoms with Gasteiger partial charge < -0.3 is 4.90 Å². The molecule has 0 saturated carbocycles. The van der Waals surface area contributed by atoms with Gasteiger partial charge in [0, 0.05) is 19.5 Å². The number of likely N-dealkylation sites (tertiary alicyclic amines) is 1. The number of nitrogens with zero attached hydrogens (tertiary/aromatic N) is 2. The van der Waals surface area contributed by atoms with Gasteiger partial charge >= 0.3 is 0 Å². The van der Waals surface area contributed by atoms with E-state index in [2.05, 4.69) is 4.90 Å². The lowest BCUT2D eigenvalue weighted by atomic mass is 10.0. The van der Waals surface area contributed by atoms with E-state index in [1.54, 1.807) is 0 Å². The lowest BCUT2D eigenvalue weighted by Crippen LogP contribution is -2.36. The Morgan fingerprint density at radius 1 is 1.24 bits per heavy atom. The summed E-state index contributed by atoms with van der Waals surface area (Å²) in [4.78, 5) is 29.1. The molecule has 3 rings (SSSR count). The summed E-state index contributed by atoms with van der Waals surface area (Å²) in [7, 11) is 0. The Kier molecular flexibility index (Phi) is 5.79. The first kappa shape index (κ1) is 18.4. The smallest absolute Gasteiger partial charge is 0.247 e. The Hall–Kier alpha value is -1.40. The minimum Gasteiger partial charge on any atom is -0.358 e. The van der Waals surface area contributed by atoms with Gasteiger partial charge in [-0.25, -0.2) is 4.90 Å². The zero-order valence-corrected chi connectivity index (χ0v) is 16.4. The molecule has 0 radical (unpaired) electrons. The van der Waals surface area contributed by atoms with Crippen molar-refractivity contribution in [3.63, 3.8) is 0 Å². The SMILES string of the molecule is CCc1cccc(C)c1N1C(=O)CC(SC(=S)N2CCCCC2)C1=O. The van der Waals surface area contributed by atoms with E-state index in [4.69, 9.17) is 12.2 Å². The number of aryl methyl sites for hydroxylation is 2. The van der Waals surface area contributed by atoms with E-state index >= 15 is 0 Å². The molecule has 1 aromatic carbocycles. The van der Waals surface area contributed by atoms with Gasteiger partial charge in [-0.2, -0.15) is 0 Å². The number of anilines is 1. The molecule has 6 heteroatoms. The monoisotopic (exact) mass is 376 g/mol. The second kappa shape index (κ2) is 7.87. The molecule has 2 aliphatic rings. The fourth-order valence-electron chi connectivity index (χ4n) is 3.53. The van der Waals surface area contributed by atoms with E-state index in [-0.39, 0.29) is 18.2 Å². The molecule has 2 amide bonds. The molecule has 0 bridgehead atoms. The maximum atomic E-state index is 13.0. The number of thioether (sulfide) groups is 1. The van der Waals surface area contributed by atoms with Crippen molar-refractivity contribution in [3.05, 3.63) is 29.3 Å². The Morgan fingerprint density at radius 2 is 1.96 bits per heavy atom. The van der Waals surface area contributed by atoms with Crippen molar-refractivity contribution in [1.29, 1.82) is 0 Å². The molecular weight excluding hydrogens is 352 g/mol. The summed E-state index contributed by atoms with van der Waals surface area (Å²) in [6.07, 6.45) is 4.55. The first-order valence-corrected chi connectivity index (χ1v) is 10.2. The summed E-state index contributed by atoms with van der Waals surface area (Å²) < 4.78 is 0.758. The first-order chi connectivity index (χ1) is 12.0. The van der Waals surface area contributed by atoms with Crippen molar-refractivity contribution in [2.24, 2.45) is 0 Å². The molecular formula is C19H24N2O2S2. The van der Waals surface area contributed by atoms with Crippen molar-refractivity contribution < 1.29 is 9.59 Å². The number of rotatable bonds is 3. The molecule has 1 aromatic rings. The molecule has 2 fully saturated rings. The van der Waals surface area contributed by atoms with Crippen LogP contribution in [-0.4, -0.2) is 39.4 Å². The third-order valence-corrected chi connectivity index (χ3v) is 6.55. The van der Waals surface area contributed by atoms with Crippen LogP contribution >= 0.6 is 24.0 Å². The van der Waals surface area contributed by atoms with Crippen LogP contribution in [0.3, 0.4) is 0 Å². The predicted molar refractivity (Wildman–Crippen MR) is 107 cm³/mol. The largest absolute Gasteiger partial charge is 0.358 e. The Bertz CT molecular complexity index is 699. The fourth-order valence-corrected chi connectivity index (χ4v) is 5.07. The molecule has 2 heterocycles. The van der Waals surface area contributed by atoms with Gasteiger partial charge in [-0.05, 0) is 43.7 Å². The van der Waals surface area contributed by atoms with Gasteiger partial charge in [-0.1, -0.05) is 49.1 Å². The first-order valence-electron chi connectivity index (χ1n) is 8.93.